The predicted octanol–water partition coefficient (Wildman–Crippen LogP) is 3.23. The van der Waals surface area contributed by atoms with Crippen LogP contribution in [0.2, 0.25) is 0 Å². The van der Waals surface area contributed by atoms with E-state index in [1.807, 2.05) is 30.3 Å². The molecule has 0 aliphatic carbocycles. The van der Waals surface area contributed by atoms with E-state index in [0.717, 1.165) is 43.0 Å². The lowest BCUT2D eigenvalue weighted by molar-refractivity contribution is 0.208. The van der Waals surface area contributed by atoms with Crippen LogP contribution in [0, 0.1) is 12.3 Å². The van der Waals surface area contributed by atoms with Gasteiger partial charge in [-0.3, -0.25) is 4.90 Å². The van der Waals surface area contributed by atoms with Crippen LogP contribution in [0.3, 0.4) is 0 Å². The number of nitrogens with two attached hydrogens (primary N) is 2. The van der Waals surface area contributed by atoms with E-state index in [9.17, 15) is 0 Å². The molecule has 2 aromatic carbocycles. The molecule has 1 atom stereocenters. The van der Waals surface area contributed by atoms with Gasteiger partial charge in [-0.25, -0.2) is 0 Å². The normalized spacial score (nSPS) is 18.0. The van der Waals surface area contributed by atoms with E-state index in [2.05, 4.69) is 23.2 Å². The van der Waals surface area contributed by atoms with E-state index in [1.54, 1.807) is 0 Å². The highest BCUT2D eigenvalue weighted by molar-refractivity contribution is 5.86. The zero-order valence-electron chi connectivity index (χ0n) is 14.8. The quantitative estimate of drug-likeness (QED) is 0.498. The highest BCUT2D eigenvalue weighted by Crippen LogP contribution is 2.22. The third-order valence-corrected chi connectivity index (χ3v) is 5.00. The fourth-order valence-electron chi connectivity index (χ4n) is 3.46. The van der Waals surface area contributed by atoms with Crippen molar-refractivity contribution in [2.24, 2.45) is 0 Å². The second-order valence-electron chi connectivity index (χ2n) is 6.84. The molecule has 0 amide bonds. The van der Waals surface area contributed by atoms with Crippen LogP contribution in [0.15, 0.2) is 36.4 Å². The van der Waals surface area contributed by atoms with Crippen molar-refractivity contribution >= 4 is 23.3 Å². The number of likely N-dealkylation sites (tertiary alicyclic amines) is 1. The molecule has 1 heterocycles. The molecule has 5 heteroatoms. The molecule has 0 spiro atoms. The summed E-state index contributed by atoms with van der Waals surface area (Å²) in [4.78, 5) is 2.48. The van der Waals surface area contributed by atoms with Crippen LogP contribution in [0.25, 0.3) is 0 Å². The maximum atomic E-state index is 7.44. The minimum Gasteiger partial charge on any atom is -0.399 e. The molecule has 1 aliphatic rings. The number of anilines is 3. The summed E-state index contributed by atoms with van der Waals surface area (Å²) in [6, 6.07) is 12.4. The highest BCUT2D eigenvalue weighted by atomic mass is 15.2. The molecule has 0 saturated carbocycles. The molecule has 1 aliphatic heterocycles. The van der Waals surface area contributed by atoms with E-state index < -0.39 is 0 Å². The van der Waals surface area contributed by atoms with Gasteiger partial charge in [-0.15, -0.1) is 0 Å². The number of nitrogen functional groups attached to an aromatic ring is 2. The number of benzene rings is 2. The Labute approximate surface area is 149 Å². The van der Waals surface area contributed by atoms with Crippen LogP contribution in [-0.4, -0.2) is 30.2 Å². The van der Waals surface area contributed by atoms with E-state index in [0.29, 0.717) is 11.7 Å². The van der Waals surface area contributed by atoms with Gasteiger partial charge in [0.2, 0.25) is 0 Å². The van der Waals surface area contributed by atoms with Gasteiger partial charge in [0.05, 0.1) is 0 Å². The molecule has 132 valence electrons. The molecule has 0 unspecified atom stereocenters. The van der Waals surface area contributed by atoms with Crippen molar-refractivity contribution < 1.29 is 0 Å². The van der Waals surface area contributed by atoms with Crippen molar-refractivity contribution in [3.05, 3.63) is 53.1 Å². The van der Waals surface area contributed by atoms with Crippen LogP contribution in [-0.2, 0) is 6.54 Å². The maximum absolute atomic E-state index is 7.44. The monoisotopic (exact) mass is 337 g/mol. The molecular formula is C20H27N5. The third-order valence-electron chi connectivity index (χ3n) is 5.00. The van der Waals surface area contributed by atoms with E-state index in [4.69, 9.17) is 16.9 Å². The maximum Gasteiger partial charge on any atom is 0.0404 e. The van der Waals surface area contributed by atoms with Gasteiger partial charge >= 0.3 is 0 Å². The Morgan fingerprint density at radius 3 is 2.88 bits per heavy atom. The average molecular weight is 337 g/mol. The van der Waals surface area contributed by atoms with Gasteiger partial charge in [0.15, 0.2) is 0 Å². The number of rotatable bonds is 5. The minimum atomic E-state index is 0.400. The predicted molar refractivity (Wildman–Crippen MR) is 106 cm³/mol. The largest absolute Gasteiger partial charge is 0.399 e. The summed E-state index contributed by atoms with van der Waals surface area (Å²) < 4.78 is 0. The average Bonchev–Trinajstić information content (AvgIpc) is 2.61. The van der Waals surface area contributed by atoms with Gasteiger partial charge in [0.25, 0.3) is 0 Å². The molecule has 0 aromatic heterocycles. The molecular weight excluding hydrogens is 310 g/mol. The first-order chi connectivity index (χ1) is 12.1. The van der Waals surface area contributed by atoms with Gasteiger partial charge in [-0.1, -0.05) is 12.1 Å². The molecule has 1 fully saturated rings. The third kappa shape index (κ3) is 4.12. The Morgan fingerprint density at radius 2 is 2.08 bits per heavy atom. The second-order valence-corrected chi connectivity index (χ2v) is 6.84. The lowest BCUT2D eigenvalue weighted by atomic mass is 10.0. The summed E-state index contributed by atoms with van der Waals surface area (Å²) in [6.45, 7) is 5.14. The van der Waals surface area contributed by atoms with Crippen LogP contribution in [0.4, 0.5) is 17.1 Å². The van der Waals surface area contributed by atoms with Gasteiger partial charge < -0.3 is 22.2 Å². The number of hydrogen-bond donors (Lipinski definition) is 4. The Balaban J connectivity index is 1.65. The van der Waals surface area contributed by atoms with Crippen molar-refractivity contribution in [1.82, 2.24) is 4.90 Å². The SMILES string of the molecule is Cc1c(N)cccc1CN1CCC[C@H](Nc2ccc(N)c(C=N)c2)C1. The van der Waals surface area contributed by atoms with Crippen LogP contribution in [0.1, 0.15) is 29.5 Å². The molecule has 5 nitrogen and oxygen atoms in total. The fraction of sp³-hybridized carbons (Fsp3) is 0.350. The highest BCUT2D eigenvalue weighted by Gasteiger charge is 2.20. The van der Waals surface area contributed by atoms with Crippen molar-refractivity contribution in [3.8, 4) is 0 Å². The van der Waals surface area contributed by atoms with Gasteiger partial charge in [-0.2, -0.15) is 0 Å². The van der Waals surface area contributed by atoms with Gasteiger partial charge in [0.1, 0.15) is 0 Å². The first-order valence-corrected chi connectivity index (χ1v) is 8.79. The van der Waals surface area contributed by atoms with Crippen LogP contribution in [0.5, 0.6) is 0 Å². The van der Waals surface area contributed by atoms with E-state index in [1.165, 1.54) is 23.8 Å². The van der Waals surface area contributed by atoms with Crippen LogP contribution < -0.4 is 16.8 Å². The van der Waals surface area contributed by atoms with Crippen molar-refractivity contribution in [2.45, 2.75) is 32.4 Å². The molecule has 0 radical (unpaired) electrons. The van der Waals surface area contributed by atoms with E-state index >= 15 is 0 Å². The molecule has 2 aromatic rings. The topological polar surface area (TPSA) is 91.2 Å². The van der Waals surface area contributed by atoms with Gasteiger partial charge in [0, 0.05) is 48.0 Å². The summed E-state index contributed by atoms with van der Waals surface area (Å²) in [5.74, 6) is 0. The van der Waals surface area contributed by atoms with Gasteiger partial charge in [-0.05, 0) is 61.7 Å². The standard InChI is InChI=1S/C20H27N5/c1-14-15(4-2-6-19(14)22)12-25-9-3-5-18(13-25)24-17-7-8-20(23)16(10-17)11-21/h2,4,6-8,10-11,18,21,24H,3,5,9,12-13,22-23H2,1H3/t18-/m0/s1. The summed E-state index contributed by atoms with van der Waals surface area (Å²) in [6.07, 6.45) is 3.62. The first-order valence-electron chi connectivity index (χ1n) is 8.79. The smallest absolute Gasteiger partial charge is 0.0404 e. The number of nitrogens with zero attached hydrogens (tertiary/aromatic N) is 1. The van der Waals surface area contributed by atoms with Crippen molar-refractivity contribution in [3.63, 3.8) is 0 Å². The van der Waals surface area contributed by atoms with E-state index in [-0.39, 0.29) is 0 Å². The summed E-state index contributed by atoms with van der Waals surface area (Å²) in [5, 5.41) is 11.0. The molecule has 3 rings (SSSR count). The number of piperidine rings is 1. The van der Waals surface area contributed by atoms with Crippen molar-refractivity contribution in [2.75, 3.05) is 29.9 Å². The molecule has 25 heavy (non-hydrogen) atoms. The summed E-state index contributed by atoms with van der Waals surface area (Å²) >= 11 is 0. The zero-order chi connectivity index (χ0) is 17.8. The first kappa shape index (κ1) is 17.3. The Morgan fingerprint density at radius 1 is 1.24 bits per heavy atom. The number of hydrogen-bond acceptors (Lipinski definition) is 5. The van der Waals surface area contributed by atoms with Crippen molar-refractivity contribution in [1.29, 1.82) is 5.41 Å². The lowest BCUT2D eigenvalue weighted by Gasteiger charge is -2.34. The summed E-state index contributed by atoms with van der Waals surface area (Å²) in [5.41, 5.74) is 17.7. The second kappa shape index (κ2) is 7.57. The van der Waals surface area contributed by atoms with Crippen LogP contribution >= 0.6 is 0 Å². The lowest BCUT2D eigenvalue weighted by Crippen LogP contribution is -2.41. The Bertz CT molecular complexity index is 756. The zero-order valence-corrected chi connectivity index (χ0v) is 14.8. The molecule has 1 saturated heterocycles. The molecule has 0 bridgehead atoms. The Hall–Kier alpha value is -2.53. The molecule has 6 N–H and O–H groups in total. The Kier molecular flexibility index (Phi) is 5.24. The summed E-state index contributed by atoms with van der Waals surface area (Å²) in [7, 11) is 0. The number of nitrogens with one attached hydrogen (secondary N) is 2. The minimum absolute atomic E-state index is 0.400. The fourth-order valence-corrected chi connectivity index (χ4v) is 3.46.